The third-order valence-corrected chi connectivity index (χ3v) is 6.44. The Bertz CT molecular complexity index is 809. The lowest BCUT2D eigenvalue weighted by Crippen LogP contribution is -2.55. The molecule has 0 amide bonds. The van der Waals surface area contributed by atoms with E-state index in [2.05, 4.69) is 45.0 Å². The molecule has 0 unspecified atom stereocenters. The number of benzene rings is 2. The molecule has 156 valence electrons. The number of phenols is 1. The Balaban J connectivity index is 1.34. The predicted molar refractivity (Wildman–Crippen MR) is 118 cm³/mol. The standard InChI is InChI=1S/C23H30ClN3O2/c1-29-22-15-18(14-21(24)23(22)28)16-25-9-5-8-20(17-25)27-12-10-26(11-13-27)19-6-3-2-4-7-19/h2-4,6-7,14-15,20,28H,5,8-13,16-17H2,1H3/t20-/m1/s1. The van der Waals surface area contributed by atoms with Crippen LogP contribution in [0.2, 0.25) is 5.02 Å². The number of halogens is 1. The van der Waals surface area contributed by atoms with Crippen molar-refractivity contribution < 1.29 is 9.84 Å². The zero-order valence-corrected chi connectivity index (χ0v) is 17.8. The second-order valence-corrected chi connectivity index (χ2v) is 8.43. The van der Waals surface area contributed by atoms with Crippen LogP contribution in [-0.4, -0.2) is 67.3 Å². The van der Waals surface area contributed by atoms with Gasteiger partial charge in [0.1, 0.15) is 0 Å². The Morgan fingerprint density at radius 2 is 1.83 bits per heavy atom. The number of nitrogens with zero attached hydrogens (tertiary/aromatic N) is 3. The van der Waals surface area contributed by atoms with Gasteiger partial charge in [-0.25, -0.2) is 0 Å². The van der Waals surface area contributed by atoms with Gasteiger partial charge < -0.3 is 14.7 Å². The number of aromatic hydroxyl groups is 1. The van der Waals surface area contributed by atoms with Gasteiger partial charge in [-0.2, -0.15) is 0 Å². The Morgan fingerprint density at radius 1 is 1.07 bits per heavy atom. The number of hydrogen-bond donors (Lipinski definition) is 1. The van der Waals surface area contributed by atoms with Crippen LogP contribution in [0.15, 0.2) is 42.5 Å². The van der Waals surface area contributed by atoms with E-state index in [4.69, 9.17) is 16.3 Å². The zero-order chi connectivity index (χ0) is 20.2. The lowest BCUT2D eigenvalue weighted by atomic mass is 10.0. The molecule has 0 radical (unpaired) electrons. The summed E-state index contributed by atoms with van der Waals surface area (Å²) in [5.41, 5.74) is 2.41. The molecule has 2 aliphatic heterocycles. The fourth-order valence-corrected chi connectivity index (χ4v) is 4.82. The summed E-state index contributed by atoms with van der Waals surface area (Å²) >= 11 is 6.17. The number of phenolic OH excluding ortho intramolecular Hbond substituents is 1. The summed E-state index contributed by atoms with van der Waals surface area (Å²) in [6, 6.07) is 15.1. The van der Waals surface area contributed by atoms with Crippen molar-refractivity contribution in [2.24, 2.45) is 0 Å². The van der Waals surface area contributed by atoms with E-state index in [0.717, 1.165) is 51.4 Å². The van der Waals surface area contributed by atoms with E-state index in [0.29, 0.717) is 16.8 Å². The molecule has 2 aromatic rings. The van der Waals surface area contributed by atoms with E-state index in [1.807, 2.05) is 12.1 Å². The van der Waals surface area contributed by atoms with Crippen molar-refractivity contribution in [1.29, 1.82) is 0 Å². The summed E-state index contributed by atoms with van der Waals surface area (Å²) in [5, 5.41) is 10.3. The van der Waals surface area contributed by atoms with Crippen LogP contribution in [0.4, 0.5) is 5.69 Å². The van der Waals surface area contributed by atoms with Gasteiger partial charge in [0.05, 0.1) is 12.1 Å². The van der Waals surface area contributed by atoms with Crippen molar-refractivity contribution in [3.8, 4) is 11.5 Å². The molecule has 0 spiro atoms. The van der Waals surface area contributed by atoms with E-state index in [9.17, 15) is 5.11 Å². The van der Waals surface area contributed by atoms with E-state index in [1.54, 1.807) is 7.11 Å². The second-order valence-electron chi connectivity index (χ2n) is 8.02. The number of piperidine rings is 1. The number of rotatable bonds is 5. The molecule has 2 aliphatic rings. The van der Waals surface area contributed by atoms with E-state index >= 15 is 0 Å². The highest BCUT2D eigenvalue weighted by Gasteiger charge is 2.28. The minimum atomic E-state index is 0.0192. The van der Waals surface area contributed by atoms with E-state index in [1.165, 1.54) is 18.5 Å². The minimum absolute atomic E-state index is 0.0192. The summed E-state index contributed by atoms with van der Waals surface area (Å²) < 4.78 is 5.25. The molecule has 29 heavy (non-hydrogen) atoms. The maximum absolute atomic E-state index is 9.96. The Hall–Kier alpha value is -1.95. The van der Waals surface area contributed by atoms with Gasteiger partial charge in [0, 0.05) is 51.0 Å². The lowest BCUT2D eigenvalue weighted by Gasteiger charge is -2.44. The van der Waals surface area contributed by atoms with Crippen molar-refractivity contribution in [3.63, 3.8) is 0 Å². The first-order valence-corrected chi connectivity index (χ1v) is 10.8. The summed E-state index contributed by atoms with van der Waals surface area (Å²) in [6.45, 7) is 7.42. The van der Waals surface area contributed by atoms with Crippen LogP contribution in [0.1, 0.15) is 18.4 Å². The molecule has 0 bridgehead atoms. The van der Waals surface area contributed by atoms with Crippen molar-refractivity contribution in [1.82, 2.24) is 9.80 Å². The molecule has 6 heteroatoms. The number of para-hydroxylation sites is 1. The topological polar surface area (TPSA) is 39.2 Å². The number of hydrogen-bond acceptors (Lipinski definition) is 5. The molecule has 0 saturated carbocycles. The summed E-state index contributed by atoms with van der Waals surface area (Å²) in [6.07, 6.45) is 2.48. The third-order valence-electron chi connectivity index (χ3n) is 6.15. The van der Waals surface area contributed by atoms with E-state index < -0.39 is 0 Å². The van der Waals surface area contributed by atoms with Gasteiger partial charge in [0.15, 0.2) is 11.5 Å². The van der Waals surface area contributed by atoms with Gasteiger partial charge in [-0.1, -0.05) is 29.8 Å². The number of likely N-dealkylation sites (tertiary alicyclic amines) is 1. The van der Waals surface area contributed by atoms with Crippen LogP contribution < -0.4 is 9.64 Å². The fourth-order valence-electron chi connectivity index (χ4n) is 4.59. The Morgan fingerprint density at radius 3 is 2.55 bits per heavy atom. The van der Waals surface area contributed by atoms with Gasteiger partial charge >= 0.3 is 0 Å². The zero-order valence-electron chi connectivity index (χ0n) is 17.1. The van der Waals surface area contributed by atoms with Crippen LogP contribution in [0.3, 0.4) is 0 Å². The number of ether oxygens (including phenoxy) is 1. The molecule has 4 rings (SSSR count). The molecule has 0 aromatic heterocycles. The van der Waals surface area contributed by atoms with Crippen LogP contribution in [0.5, 0.6) is 11.5 Å². The summed E-state index contributed by atoms with van der Waals surface area (Å²) in [7, 11) is 1.56. The highest BCUT2D eigenvalue weighted by molar-refractivity contribution is 6.32. The van der Waals surface area contributed by atoms with E-state index in [-0.39, 0.29) is 5.75 Å². The molecule has 2 aromatic carbocycles. The van der Waals surface area contributed by atoms with Crippen molar-refractivity contribution in [2.75, 3.05) is 51.3 Å². The van der Waals surface area contributed by atoms with Crippen molar-refractivity contribution in [3.05, 3.63) is 53.1 Å². The number of methoxy groups -OCH3 is 1. The molecule has 2 saturated heterocycles. The monoisotopic (exact) mass is 415 g/mol. The molecular formula is C23H30ClN3O2. The normalized spacial score (nSPS) is 21.3. The highest BCUT2D eigenvalue weighted by Crippen LogP contribution is 2.35. The van der Waals surface area contributed by atoms with Crippen LogP contribution in [-0.2, 0) is 6.54 Å². The number of piperazine rings is 1. The summed E-state index contributed by atoms with van der Waals surface area (Å²) in [5.74, 6) is 0.462. The molecule has 1 N–H and O–H groups in total. The van der Waals surface area contributed by atoms with Crippen LogP contribution in [0.25, 0.3) is 0 Å². The Kier molecular flexibility index (Phi) is 6.48. The first kappa shape index (κ1) is 20.3. The van der Waals surface area contributed by atoms with Gasteiger partial charge in [0.2, 0.25) is 0 Å². The fraction of sp³-hybridized carbons (Fsp3) is 0.478. The highest BCUT2D eigenvalue weighted by atomic mass is 35.5. The summed E-state index contributed by atoms with van der Waals surface area (Å²) in [4.78, 5) is 7.65. The SMILES string of the molecule is COc1cc(CN2CCC[C@@H](N3CCN(c4ccccc4)CC3)C2)cc(Cl)c1O. The van der Waals surface area contributed by atoms with Crippen LogP contribution >= 0.6 is 11.6 Å². The Labute approximate surface area is 178 Å². The lowest BCUT2D eigenvalue weighted by molar-refractivity contribution is 0.0887. The molecule has 5 nitrogen and oxygen atoms in total. The molecule has 2 heterocycles. The maximum Gasteiger partial charge on any atom is 0.176 e. The molecule has 2 fully saturated rings. The van der Waals surface area contributed by atoms with Crippen molar-refractivity contribution in [2.45, 2.75) is 25.4 Å². The first-order chi connectivity index (χ1) is 14.1. The minimum Gasteiger partial charge on any atom is -0.503 e. The first-order valence-electron chi connectivity index (χ1n) is 10.5. The largest absolute Gasteiger partial charge is 0.503 e. The van der Waals surface area contributed by atoms with Gasteiger partial charge in [0.25, 0.3) is 0 Å². The van der Waals surface area contributed by atoms with Gasteiger partial charge in [-0.15, -0.1) is 0 Å². The smallest absolute Gasteiger partial charge is 0.176 e. The average Bonchev–Trinajstić information content (AvgIpc) is 2.77. The molecule has 1 atom stereocenters. The average molecular weight is 416 g/mol. The molecular weight excluding hydrogens is 386 g/mol. The predicted octanol–water partition coefficient (Wildman–Crippen LogP) is 3.84. The second kappa shape index (κ2) is 9.24. The molecule has 0 aliphatic carbocycles. The van der Waals surface area contributed by atoms with Crippen molar-refractivity contribution >= 4 is 17.3 Å². The quantitative estimate of drug-likeness (QED) is 0.803. The third kappa shape index (κ3) is 4.80. The maximum atomic E-state index is 9.96. The number of anilines is 1. The van der Waals surface area contributed by atoms with Gasteiger partial charge in [-0.05, 0) is 49.2 Å². The van der Waals surface area contributed by atoms with Gasteiger partial charge in [-0.3, -0.25) is 9.80 Å². The van der Waals surface area contributed by atoms with Crippen LogP contribution in [0, 0.1) is 0 Å².